The van der Waals surface area contributed by atoms with E-state index in [1.54, 1.807) is 27.7 Å². The number of alkyl carbamates (subject to hydrolysis) is 1. The fourth-order valence-corrected chi connectivity index (χ4v) is 1.51. The molecule has 0 spiro atoms. The molecule has 1 atom stereocenters. The zero-order chi connectivity index (χ0) is 16.0. The minimum atomic E-state index is -0.582. The van der Waals surface area contributed by atoms with Gasteiger partial charge in [-0.2, -0.15) is 0 Å². The summed E-state index contributed by atoms with van der Waals surface area (Å²) in [6.07, 6.45) is -0.422. The molecule has 1 aromatic rings. The van der Waals surface area contributed by atoms with Crippen LogP contribution in [0.25, 0.3) is 0 Å². The van der Waals surface area contributed by atoms with Gasteiger partial charge in [0.25, 0.3) is 0 Å². The summed E-state index contributed by atoms with van der Waals surface area (Å²) in [5, 5.41) is 2.54. The Morgan fingerprint density at radius 2 is 2.10 bits per heavy atom. The maximum atomic E-state index is 13.1. The molecule has 5 nitrogen and oxygen atoms in total. The number of carbonyl (C=O) groups excluding carboxylic acids is 2. The van der Waals surface area contributed by atoms with Crippen molar-refractivity contribution < 1.29 is 23.5 Å². The maximum absolute atomic E-state index is 13.1. The normalized spacial score (nSPS) is 12.4. The van der Waals surface area contributed by atoms with Crippen molar-refractivity contribution in [2.45, 2.75) is 39.4 Å². The molecule has 0 aliphatic rings. The summed E-state index contributed by atoms with van der Waals surface area (Å²) in [5.41, 5.74) is -0.331. The molecule has 0 bridgehead atoms. The second kappa shape index (κ2) is 7.06. The highest BCUT2D eigenvalue weighted by atomic mass is 19.1. The van der Waals surface area contributed by atoms with E-state index in [0.29, 0.717) is 6.29 Å². The molecule has 0 aliphatic heterocycles. The fraction of sp³-hybridized carbons (Fsp3) is 0.467. The summed E-state index contributed by atoms with van der Waals surface area (Å²) >= 11 is 0. The van der Waals surface area contributed by atoms with Gasteiger partial charge in [-0.3, -0.25) is 4.79 Å². The Kier molecular flexibility index (Phi) is 5.69. The highest BCUT2D eigenvalue weighted by Crippen LogP contribution is 2.19. The minimum absolute atomic E-state index is 0.142. The number of aldehydes is 1. The first-order valence-electron chi connectivity index (χ1n) is 6.59. The molecule has 0 fully saturated rings. The SMILES string of the molecule is CC(CNC(=O)OC(C)(C)C)Oc1cc(F)ccc1C=O. The smallest absolute Gasteiger partial charge is 0.407 e. The summed E-state index contributed by atoms with van der Waals surface area (Å²) in [6, 6.07) is 3.65. The third-order valence-corrected chi connectivity index (χ3v) is 2.36. The topological polar surface area (TPSA) is 64.6 Å². The predicted octanol–water partition coefficient (Wildman–Crippen LogP) is 2.93. The second-order valence-electron chi connectivity index (χ2n) is 5.61. The van der Waals surface area contributed by atoms with E-state index in [1.165, 1.54) is 12.1 Å². The predicted molar refractivity (Wildman–Crippen MR) is 76.1 cm³/mol. The number of hydrogen-bond acceptors (Lipinski definition) is 4. The molecule has 1 aromatic carbocycles. The van der Waals surface area contributed by atoms with E-state index in [4.69, 9.17) is 9.47 Å². The highest BCUT2D eigenvalue weighted by molar-refractivity contribution is 5.79. The van der Waals surface area contributed by atoms with Crippen molar-refractivity contribution >= 4 is 12.4 Å². The van der Waals surface area contributed by atoms with Crippen LogP contribution in [0.4, 0.5) is 9.18 Å². The van der Waals surface area contributed by atoms with Crippen LogP contribution in [-0.4, -0.2) is 30.6 Å². The van der Waals surface area contributed by atoms with Gasteiger partial charge in [-0.05, 0) is 39.8 Å². The van der Waals surface area contributed by atoms with Crippen molar-refractivity contribution in [3.05, 3.63) is 29.6 Å². The van der Waals surface area contributed by atoms with Crippen molar-refractivity contribution in [3.63, 3.8) is 0 Å². The number of ether oxygens (including phenoxy) is 2. The number of amides is 1. The summed E-state index contributed by atoms with van der Waals surface area (Å²) < 4.78 is 23.7. The third kappa shape index (κ3) is 6.25. The number of rotatable bonds is 5. The largest absolute Gasteiger partial charge is 0.488 e. The van der Waals surface area contributed by atoms with Gasteiger partial charge in [0.15, 0.2) is 6.29 Å². The van der Waals surface area contributed by atoms with Crippen molar-refractivity contribution in [1.82, 2.24) is 5.32 Å². The summed E-state index contributed by atoms with van der Waals surface area (Å²) in [7, 11) is 0. The lowest BCUT2D eigenvalue weighted by Crippen LogP contribution is -2.37. The van der Waals surface area contributed by atoms with E-state index in [9.17, 15) is 14.0 Å². The van der Waals surface area contributed by atoms with Crippen molar-refractivity contribution in [3.8, 4) is 5.75 Å². The molecule has 0 radical (unpaired) electrons. The standard InChI is InChI=1S/C15H20FNO4/c1-10(8-17-14(19)21-15(2,3)4)20-13-7-12(16)6-5-11(13)9-18/h5-7,9-10H,8H2,1-4H3,(H,17,19). The number of hydrogen-bond donors (Lipinski definition) is 1. The van der Waals surface area contributed by atoms with Gasteiger partial charge in [-0.1, -0.05) is 0 Å². The lowest BCUT2D eigenvalue weighted by Gasteiger charge is -2.21. The summed E-state index contributed by atoms with van der Waals surface area (Å²) in [6.45, 7) is 7.14. The second-order valence-corrected chi connectivity index (χ2v) is 5.61. The van der Waals surface area contributed by atoms with E-state index >= 15 is 0 Å². The Hall–Kier alpha value is -2.11. The van der Waals surface area contributed by atoms with Crippen LogP contribution in [0.1, 0.15) is 38.1 Å². The Labute approximate surface area is 123 Å². The molecule has 0 saturated carbocycles. The van der Waals surface area contributed by atoms with Gasteiger partial charge < -0.3 is 14.8 Å². The van der Waals surface area contributed by atoms with Gasteiger partial charge in [0.1, 0.15) is 23.3 Å². The van der Waals surface area contributed by atoms with Crippen molar-refractivity contribution in [1.29, 1.82) is 0 Å². The number of benzene rings is 1. The Balaban J connectivity index is 2.54. The molecule has 0 aliphatic carbocycles. The maximum Gasteiger partial charge on any atom is 0.407 e. The van der Waals surface area contributed by atoms with E-state index in [0.717, 1.165) is 6.07 Å². The van der Waals surface area contributed by atoms with Crippen molar-refractivity contribution in [2.24, 2.45) is 0 Å². The average molecular weight is 297 g/mol. The quantitative estimate of drug-likeness (QED) is 0.849. The van der Waals surface area contributed by atoms with Crippen LogP contribution >= 0.6 is 0 Å². The van der Waals surface area contributed by atoms with E-state index < -0.39 is 23.6 Å². The molecule has 0 saturated heterocycles. The average Bonchev–Trinajstić information content (AvgIpc) is 2.35. The molecule has 1 N–H and O–H groups in total. The van der Waals surface area contributed by atoms with E-state index in [-0.39, 0.29) is 17.9 Å². The molecule has 1 amide bonds. The van der Waals surface area contributed by atoms with E-state index in [2.05, 4.69) is 5.32 Å². The van der Waals surface area contributed by atoms with Gasteiger partial charge >= 0.3 is 6.09 Å². The summed E-state index contributed by atoms with van der Waals surface area (Å²) in [5.74, 6) is -0.355. The van der Waals surface area contributed by atoms with Crippen LogP contribution < -0.4 is 10.1 Å². The first kappa shape index (κ1) is 16.9. The molecular weight excluding hydrogens is 277 g/mol. The first-order valence-corrected chi connectivity index (χ1v) is 6.59. The van der Waals surface area contributed by atoms with Gasteiger partial charge in [0.05, 0.1) is 12.1 Å². The molecule has 116 valence electrons. The Morgan fingerprint density at radius 3 is 2.67 bits per heavy atom. The Bertz CT molecular complexity index is 511. The van der Waals surface area contributed by atoms with Crippen LogP contribution in [0.2, 0.25) is 0 Å². The van der Waals surface area contributed by atoms with Gasteiger partial charge in [0, 0.05) is 6.07 Å². The lowest BCUT2D eigenvalue weighted by molar-refractivity contribution is 0.0504. The molecular formula is C15H20FNO4. The monoisotopic (exact) mass is 297 g/mol. The van der Waals surface area contributed by atoms with Crippen LogP contribution in [0.3, 0.4) is 0 Å². The van der Waals surface area contributed by atoms with Crippen LogP contribution in [0, 0.1) is 5.82 Å². The first-order chi connectivity index (χ1) is 9.71. The molecule has 6 heteroatoms. The number of nitrogens with one attached hydrogen (secondary N) is 1. The van der Waals surface area contributed by atoms with Crippen LogP contribution in [0.15, 0.2) is 18.2 Å². The molecule has 21 heavy (non-hydrogen) atoms. The lowest BCUT2D eigenvalue weighted by atomic mass is 10.2. The van der Waals surface area contributed by atoms with Crippen LogP contribution in [-0.2, 0) is 4.74 Å². The molecule has 0 heterocycles. The molecule has 1 unspecified atom stereocenters. The molecule has 0 aromatic heterocycles. The van der Waals surface area contributed by atoms with Crippen LogP contribution in [0.5, 0.6) is 5.75 Å². The Morgan fingerprint density at radius 1 is 1.43 bits per heavy atom. The zero-order valence-electron chi connectivity index (χ0n) is 12.6. The van der Waals surface area contributed by atoms with Gasteiger partial charge in [-0.25, -0.2) is 9.18 Å². The van der Waals surface area contributed by atoms with E-state index in [1.807, 2.05) is 0 Å². The minimum Gasteiger partial charge on any atom is -0.488 e. The van der Waals surface area contributed by atoms with Crippen molar-refractivity contribution in [2.75, 3.05) is 6.54 Å². The fourth-order valence-electron chi connectivity index (χ4n) is 1.51. The molecule has 1 rings (SSSR count). The van der Waals surface area contributed by atoms with Gasteiger partial charge in [0.2, 0.25) is 0 Å². The number of carbonyl (C=O) groups is 2. The summed E-state index contributed by atoms with van der Waals surface area (Å²) in [4.78, 5) is 22.3. The number of halogens is 1. The highest BCUT2D eigenvalue weighted by Gasteiger charge is 2.17. The van der Waals surface area contributed by atoms with Gasteiger partial charge in [-0.15, -0.1) is 0 Å². The third-order valence-electron chi connectivity index (χ3n) is 2.36. The zero-order valence-corrected chi connectivity index (χ0v) is 12.6.